The van der Waals surface area contributed by atoms with Crippen LogP contribution in [0, 0.1) is 11.2 Å². The maximum Gasteiger partial charge on any atom is 0.137 e. The fraction of sp³-hybridized carbons (Fsp3) is 0.500. The van der Waals surface area contributed by atoms with E-state index in [9.17, 15) is 9.50 Å². The molecule has 1 aliphatic rings. The van der Waals surface area contributed by atoms with Gasteiger partial charge in [0.2, 0.25) is 0 Å². The molecule has 0 heterocycles. The second-order valence-corrected chi connectivity index (χ2v) is 5.48. The Kier molecular flexibility index (Phi) is 2.86. The lowest BCUT2D eigenvalue weighted by Gasteiger charge is -2.17. The molecule has 1 unspecified atom stereocenters. The quantitative estimate of drug-likeness (QED) is 0.896. The summed E-state index contributed by atoms with van der Waals surface area (Å²) in [7, 11) is 0. The van der Waals surface area contributed by atoms with Crippen LogP contribution in [0.2, 0.25) is 0 Å². The molecule has 0 saturated heterocycles. The normalized spacial score (nSPS) is 20.0. The van der Waals surface area contributed by atoms with E-state index in [1.165, 1.54) is 6.07 Å². The van der Waals surface area contributed by atoms with Crippen LogP contribution in [-0.4, -0.2) is 11.2 Å². The lowest BCUT2D eigenvalue weighted by atomic mass is 9.95. The summed E-state index contributed by atoms with van der Waals surface area (Å²) in [6.07, 6.45) is 2.48. The molecule has 0 spiro atoms. The molecule has 1 aromatic rings. The fourth-order valence-corrected chi connectivity index (χ4v) is 2.09. The van der Waals surface area contributed by atoms with Crippen molar-refractivity contribution in [3.63, 3.8) is 0 Å². The Morgan fingerprint density at radius 2 is 2.20 bits per heavy atom. The van der Waals surface area contributed by atoms with Crippen molar-refractivity contribution in [3.8, 4) is 0 Å². The van der Waals surface area contributed by atoms with Crippen molar-refractivity contribution in [1.82, 2.24) is 0 Å². The van der Waals surface area contributed by atoms with Crippen LogP contribution in [0.1, 0.15) is 25.3 Å². The molecule has 0 radical (unpaired) electrons. The van der Waals surface area contributed by atoms with Gasteiger partial charge in [-0.15, -0.1) is 0 Å². The largest absolute Gasteiger partial charge is 0.392 e. The molecule has 2 rings (SSSR count). The first-order valence-corrected chi connectivity index (χ1v) is 5.92. The highest BCUT2D eigenvalue weighted by atomic mass is 79.9. The molecule has 0 bridgehead atoms. The van der Waals surface area contributed by atoms with E-state index in [1.54, 1.807) is 12.1 Å². The molecule has 1 saturated carbocycles. The van der Waals surface area contributed by atoms with Gasteiger partial charge in [-0.1, -0.05) is 13.0 Å². The smallest absolute Gasteiger partial charge is 0.137 e. The third kappa shape index (κ3) is 2.40. The zero-order valence-electron chi connectivity index (χ0n) is 8.63. The summed E-state index contributed by atoms with van der Waals surface area (Å²) < 4.78 is 13.4. The van der Waals surface area contributed by atoms with Crippen LogP contribution >= 0.6 is 15.9 Å². The minimum absolute atomic E-state index is 0.0981. The summed E-state index contributed by atoms with van der Waals surface area (Å²) in [6.45, 7) is 2.09. The van der Waals surface area contributed by atoms with E-state index in [-0.39, 0.29) is 17.3 Å². The summed E-state index contributed by atoms with van der Waals surface area (Å²) in [4.78, 5) is 0. The molecule has 0 aromatic heterocycles. The van der Waals surface area contributed by atoms with Crippen molar-refractivity contribution in [2.24, 2.45) is 5.41 Å². The van der Waals surface area contributed by atoms with E-state index in [4.69, 9.17) is 0 Å². The van der Waals surface area contributed by atoms with Gasteiger partial charge in [0, 0.05) is 0 Å². The number of benzene rings is 1. The standard InChI is InChI=1S/C12H14BrFO/c1-12(4-5-12)11(15)7-8-2-3-10(14)9(13)6-8/h2-3,6,11,15H,4-5,7H2,1H3. The van der Waals surface area contributed by atoms with Gasteiger partial charge >= 0.3 is 0 Å². The minimum atomic E-state index is -0.310. The zero-order chi connectivity index (χ0) is 11.1. The van der Waals surface area contributed by atoms with Crippen LogP contribution in [0.5, 0.6) is 0 Å². The van der Waals surface area contributed by atoms with Crippen molar-refractivity contribution in [1.29, 1.82) is 0 Å². The average molecular weight is 273 g/mol. The molecular formula is C12H14BrFO. The summed E-state index contributed by atoms with van der Waals surface area (Å²) in [5.74, 6) is -0.258. The van der Waals surface area contributed by atoms with Crippen molar-refractivity contribution < 1.29 is 9.50 Å². The summed E-state index contributed by atoms with van der Waals surface area (Å²) in [5, 5.41) is 9.95. The Morgan fingerprint density at radius 1 is 1.53 bits per heavy atom. The first-order chi connectivity index (χ1) is 7.01. The number of rotatable bonds is 3. The second kappa shape index (κ2) is 3.87. The van der Waals surface area contributed by atoms with E-state index >= 15 is 0 Å². The maximum atomic E-state index is 13.0. The van der Waals surface area contributed by atoms with Crippen LogP contribution < -0.4 is 0 Å². The predicted molar refractivity (Wildman–Crippen MR) is 61.2 cm³/mol. The molecule has 0 amide bonds. The van der Waals surface area contributed by atoms with E-state index in [2.05, 4.69) is 22.9 Å². The zero-order valence-corrected chi connectivity index (χ0v) is 10.2. The van der Waals surface area contributed by atoms with Gasteiger partial charge in [0.25, 0.3) is 0 Å². The van der Waals surface area contributed by atoms with Gasteiger partial charge in [-0.05, 0) is 58.3 Å². The van der Waals surface area contributed by atoms with Gasteiger partial charge in [-0.25, -0.2) is 4.39 Å². The Bertz CT molecular complexity index is 374. The van der Waals surface area contributed by atoms with Gasteiger partial charge in [0.15, 0.2) is 0 Å². The van der Waals surface area contributed by atoms with Gasteiger partial charge in [-0.2, -0.15) is 0 Å². The molecule has 1 N–H and O–H groups in total. The topological polar surface area (TPSA) is 20.2 Å². The highest BCUT2D eigenvalue weighted by Crippen LogP contribution is 2.48. The molecule has 0 aliphatic heterocycles. The van der Waals surface area contributed by atoms with Crippen molar-refractivity contribution >= 4 is 15.9 Å². The molecular weight excluding hydrogens is 259 g/mol. The SMILES string of the molecule is CC1(C(O)Cc2ccc(F)c(Br)c2)CC1. The summed E-state index contributed by atoms with van der Waals surface area (Å²) in [5.41, 5.74) is 1.07. The minimum Gasteiger partial charge on any atom is -0.392 e. The number of hydrogen-bond donors (Lipinski definition) is 1. The van der Waals surface area contributed by atoms with E-state index < -0.39 is 0 Å². The van der Waals surface area contributed by atoms with Crippen LogP contribution in [0.15, 0.2) is 22.7 Å². The van der Waals surface area contributed by atoms with Crippen molar-refractivity contribution in [2.45, 2.75) is 32.3 Å². The third-order valence-electron chi connectivity index (χ3n) is 3.26. The third-order valence-corrected chi connectivity index (χ3v) is 3.86. The Morgan fingerprint density at radius 3 is 2.73 bits per heavy atom. The van der Waals surface area contributed by atoms with Crippen molar-refractivity contribution in [2.75, 3.05) is 0 Å². The maximum absolute atomic E-state index is 13.0. The van der Waals surface area contributed by atoms with Gasteiger partial charge in [-0.3, -0.25) is 0 Å². The van der Waals surface area contributed by atoms with Crippen LogP contribution in [0.4, 0.5) is 4.39 Å². The lowest BCUT2D eigenvalue weighted by molar-refractivity contribution is 0.103. The van der Waals surface area contributed by atoms with Gasteiger partial charge < -0.3 is 5.11 Å². The first kappa shape index (κ1) is 11.1. The van der Waals surface area contributed by atoms with E-state index in [0.29, 0.717) is 10.9 Å². The van der Waals surface area contributed by atoms with Crippen LogP contribution in [0.25, 0.3) is 0 Å². The molecule has 1 nitrogen and oxygen atoms in total. The Balaban J connectivity index is 2.07. The van der Waals surface area contributed by atoms with Gasteiger partial charge in [0.05, 0.1) is 10.6 Å². The molecule has 1 atom stereocenters. The molecule has 1 aromatic carbocycles. The average Bonchev–Trinajstić information content (AvgIpc) is 2.92. The summed E-state index contributed by atoms with van der Waals surface area (Å²) in [6, 6.07) is 4.90. The Labute approximate surface area is 97.4 Å². The fourth-order valence-electron chi connectivity index (χ4n) is 1.67. The highest BCUT2D eigenvalue weighted by molar-refractivity contribution is 9.10. The molecule has 3 heteroatoms. The van der Waals surface area contributed by atoms with Gasteiger partial charge in [0.1, 0.15) is 5.82 Å². The van der Waals surface area contributed by atoms with E-state index in [0.717, 1.165) is 18.4 Å². The first-order valence-electron chi connectivity index (χ1n) is 5.13. The predicted octanol–water partition coefficient (Wildman–Crippen LogP) is 3.29. The van der Waals surface area contributed by atoms with Crippen LogP contribution in [-0.2, 0) is 6.42 Å². The highest BCUT2D eigenvalue weighted by Gasteiger charge is 2.43. The van der Waals surface area contributed by atoms with E-state index in [1.807, 2.05) is 0 Å². The van der Waals surface area contributed by atoms with Crippen molar-refractivity contribution in [3.05, 3.63) is 34.1 Å². The lowest BCUT2D eigenvalue weighted by Crippen LogP contribution is -2.21. The monoisotopic (exact) mass is 272 g/mol. The van der Waals surface area contributed by atoms with Crippen LogP contribution in [0.3, 0.4) is 0 Å². The molecule has 15 heavy (non-hydrogen) atoms. The number of hydrogen-bond acceptors (Lipinski definition) is 1. The Hall–Kier alpha value is -0.410. The number of halogens is 2. The molecule has 82 valence electrons. The number of aliphatic hydroxyl groups is 1. The molecule has 1 fully saturated rings. The summed E-state index contributed by atoms with van der Waals surface area (Å²) >= 11 is 3.15. The second-order valence-electron chi connectivity index (χ2n) is 4.62. The molecule has 1 aliphatic carbocycles. The number of aliphatic hydroxyl groups excluding tert-OH is 1.